The smallest absolute Gasteiger partial charge is 0.321 e. The van der Waals surface area contributed by atoms with Crippen molar-refractivity contribution in [3.05, 3.63) is 71.3 Å². The van der Waals surface area contributed by atoms with Gasteiger partial charge < -0.3 is 19.5 Å². The van der Waals surface area contributed by atoms with Gasteiger partial charge >= 0.3 is 6.03 Å². The van der Waals surface area contributed by atoms with Gasteiger partial charge in [-0.1, -0.05) is 24.3 Å². The number of anilines is 2. The summed E-state index contributed by atoms with van der Waals surface area (Å²) in [6.07, 6.45) is 2.98. The highest BCUT2D eigenvalue weighted by Crippen LogP contribution is 2.26. The molecular weight excluding hydrogens is 442 g/mol. The molecule has 5 rings (SSSR count). The molecular formula is C23H22BrN5O. The molecule has 4 aromatic rings. The Balaban J connectivity index is 1.37. The molecule has 2 aromatic carbocycles. The first kappa shape index (κ1) is 18.9. The number of aromatic nitrogens is 2. The van der Waals surface area contributed by atoms with Crippen molar-refractivity contribution in [1.82, 2.24) is 14.3 Å². The molecule has 0 radical (unpaired) electrons. The largest absolute Gasteiger partial charge is 0.353 e. The number of halogens is 1. The number of hydrogen-bond acceptors (Lipinski definition) is 3. The summed E-state index contributed by atoms with van der Waals surface area (Å²) >= 11 is 3.49. The second-order valence-corrected chi connectivity index (χ2v) is 8.28. The second-order valence-electron chi connectivity index (χ2n) is 7.43. The molecule has 0 bridgehead atoms. The fourth-order valence-corrected chi connectivity index (χ4v) is 4.41. The molecule has 0 saturated carbocycles. The summed E-state index contributed by atoms with van der Waals surface area (Å²) in [5.74, 6) is 0.978. The first-order valence-electron chi connectivity index (χ1n) is 10.1. The molecule has 152 valence electrons. The molecule has 0 spiro atoms. The van der Waals surface area contributed by atoms with Gasteiger partial charge in [-0.25, -0.2) is 9.78 Å². The van der Waals surface area contributed by atoms with Crippen LogP contribution in [-0.4, -0.2) is 46.5 Å². The Hall–Kier alpha value is -3.06. The SMILES string of the molecule is O=C(Nc1ccccc1Br)N1CCCN(c2nc3ccccc3n3cccc23)CC1. The second kappa shape index (κ2) is 7.99. The Morgan fingerprint density at radius 1 is 0.900 bits per heavy atom. The maximum Gasteiger partial charge on any atom is 0.321 e. The molecule has 3 heterocycles. The highest BCUT2D eigenvalue weighted by atomic mass is 79.9. The van der Waals surface area contributed by atoms with Gasteiger partial charge in [-0.05, 0) is 58.7 Å². The lowest BCUT2D eigenvalue weighted by atomic mass is 10.3. The molecule has 2 amide bonds. The molecule has 1 saturated heterocycles. The van der Waals surface area contributed by atoms with Crippen molar-refractivity contribution in [2.75, 3.05) is 36.4 Å². The third-order valence-corrected chi connectivity index (χ3v) is 6.24. The van der Waals surface area contributed by atoms with Crippen LogP contribution in [0.5, 0.6) is 0 Å². The van der Waals surface area contributed by atoms with Gasteiger partial charge in [-0.2, -0.15) is 0 Å². The molecule has 1 aliphatic heterocycles. The summed E-state index contributed by atoms with van der Waals surface area (Å²) in [6.45, 7) is 2.98. The number of benzene rings is 2. The van der Waals surface area contributed by atoms with E-state index in [0.29, 0.717) is 6.54 Å². The van der Waals surface area contributed by atoms with E-state index >= 15 is 0 Å². The van der Waals surface area contributed by atoms with Gasteiger partial charge in [-0.3, -0.25) is 0 Å². The number of hydrogen-bond donors (Lipinski definition) is 1. The van der Waals surface area contributed by atoms with Crippen LogP contribution in [0.25, 0.3) is 16.6 Å². The molecule has 2 aromatic heterocycles. The number of carbonyl (C=O) groups is 1. The monoisotopic (exact) mass is 463 g/mol. The summed E-state index contributed by atoms with van der Waals surface area (Å²) in [5.41, 5.74) is 3.96. The van der Waals surface area contributed by atoms with Crippen LogP contribution in [0.4, 0.5) is 16.3 Å². The van der Waals surface area contributed by atoms with Crippen molar-refractivity contribution < 1.29 is 4.79 Å². The molecule has 7 heteroatoms. The number of nitrogens with one attached hydrogen (secondary N) is 1. The Morgan fingerprint density at radius 3 is 2.60 bits per heavy atom. The van der Waals surface area contributed by atoms with Crippen molar-refractivity contribution in [3.8, 4) is 0 Å². The Morgan fingerprint density at radius 2 is 1.70 bits per heavy atom. The fourth-order valence-electron chi connectivity index (χ4n) is 4.03. The van der Waals surface area contributed by atoms with Crippen LogP contribution in [0.2, 0.25) is 0 Å². The van der Waals surface area contributed by atoms with Gasteiger partial charge in [0, 0.05) is 36.8 Å². The van der Waals surface area contributed by atoms with Crippen LogP contribution < -0.4 is 10.2 Å². The van der Waals surface area contributed by atoms with Gasteiger partial charge in [0.25, 0.3) is 0 Å². The first-order valence-corrected chi connectivity index (χ1v) is 10.9. The van der Waals surface area contributed by atoms with E-state index in [9.17, 15) is 4.79 Å². The maximum atomic E-state index is 12.8. The predicted octanol–water partition coefficient (Wildman–Crippen LogP) is 4.99. The van der Waals surface area contributed by atoms with E-state index in [0.717, 1.165) is 58.6 Å². The Labute approximate surface area is 183 Å². The summed E-state index contributed by atoms with van der Waals surface area (Å²) in [4.78, 5) is 22.0. The first-order chi connectivity index (χ1) is 14.7. The number of urea groups is 1. The fraction of sp³-hybridized carbons (Fsp3) is 0.217. The third-order valence-electron chi connectivity index (χ3n) is 5.54. The zero-order valence-electron chi connectivity index (χ0n) is 16.5. The van der Waals surface area contributed by atoms with Crippen molar-refractivity contribution in [3.63, 3.8) is 0 Å². The van der Waals surface area contributed by atoms with Crippen molar-refractivity contribution >= 4 is 50.0 Å². The number of amides is 2. The maximum absolute atomic E-state index is 12.8. The molecule has 30 heavy (non-hydrogen) atoms. The number of nitrogens with zero attached hydrogens (tertiary/aromatic N) is 4. The van der Waals surface area contributed by atoms with E-state index in [2.05, 4.69) is 54.9 Å². The lowest BCUT2D eigenvalue weighted by Crippen LogP contribution is -2.38. The van der Waals surface area contributed by atoms with Crippen LogP contribution in [0.1, 0.15) is 6.42 Å². The molecule has 0 unspecified atom stereocenters. The van der Waals surface area contributed by atoms with Gasteiger partial charge in [0.05, 0.1) is 22.2 Å². The summed E-state index contributed by atoms with van der Waals surface area (Å²) in [6, 6.07) is 20.0. The average molecular weight is 464 g/mol. The standard InChI is InChI=1S/C23H22BrN5O/c24-17-7-1-2-8-18(17)26-23(30)28-13-6-12-27(15-16-28)22-21-11-5-14-29(21)20-10-4-3-9-19(20)25-22/h1-5,7-11,14H,6,12-13,15-16H2,(H,26,30). The summed E-state index contributed by atoms with van der Waals surface area (Å²) in [5, 5.41) is 3.01. The van der Waals surface area contributed by atoms with Crippen LogP contribution in [0.15, 0.2) is 71.3 Å². The number of rotatable bonds is 2. The van der Waals surface area contributed by atoms with Gasteiger partial charge in [-0.15, -0.1) is 0 Å². The summed E-state index contributed by atoms with van der Waals surface area (Å²) in [7, 11) is 0. The van der Waals surface area contributed by atoms with Crippen molar-refractivity contribution in [1.29, 1.82) is 0 Å². The lowest BCUT2D eigenvalue weighted by molar-refractivity contribution is 0.215. The van der Waals surface area contributed by atoms with E-state index in [4.69, 9.17) is 4.98 Å². The topological polar surface area (TPSA) is 52.9 Å². The molecule has 0 aliphatic carbocycles. The molecule has 1 fully saturated rings. The minimum atomic E-state index is -0.0666. The molecule has 1 aliphatic rings. The number of para-hydroxylation sites is 3. The zero-order chi connectivity index (χ0) is 20.5. The zero-order valence-corrected chi connectivity index (χ0v) is 18.0. The van der Waals surface area contributed by atoms with Gasteiger partial charge in [0.1, 0.15) is 0 Å². The van der Waals surface area contributed by atoms with E-state index in [1.165, 1.54) is 0 Å². The summed E-state index contributed by atoms with van der Waals surface area (Å²) < 4.78 is 3.07. The lowest BCUT2D eigenvalue weighted by Gasteiger charge is -2.24. The minimum absolute atomic E-state index is 0.0666. The molecule has 1 N–H and O–H groups in total. The van der Waals surface area contributed by atoms with E-state index < -0.39 is 0 Å². The Kier molecular flexibility index (Phi) is 5.04. The van der Waals surface area contributed by atoms with Crippen LogP contribution >= 0.6 is 15.9 Å². The van der Waals surface area contributed by atoms with Gasteiger partial charge in [0.15, 0.2) is 5.82 Å². The highest BCUT2D eigenvalue weighted by molar-refractivity contribution is 9.10. The van der Waals surface area contributed by atoms with Crippen LogP contribution in [-0.2, 0) is 0 Å². The quantitative estimate of drug-likeness (QED) is 0.455. The number of carbonyl (C=O) groups excluding carboxylic acids is 1. The van der Waals surface area contributed by atoms with E-state index in [1.807, 2.05) is 47.4 Å². The van der Waals surface area contributed by atoms with E-state index in [-0.39, 0.29) is 6.03 Å². The third kappa shape index (κ3) is 3.50. The highest BCUT2D eigenvalue weighted by Gasteiger charge is 2.22. The van der Waals surface area contributed by atoms with Crippen molar-refractivity contribution in [2.24, 2.45) is 0 Å². The average Bonchev–Trinajstić information content (AvgIpc) is 3.13. The minimum Gasteiger partial charge on any atom is -0.353 e. The van der Waals surface area contributed by atoms with E-state index in [1.54, 1.807) is 0 Å². The number of fused-ring (bicyclic) bond motifs is 3. The van der Waals surface area contributed by atoms with Crippen LogP contribution in [0, 0.1) is 0 Å². The van der Waals surface area contributed by atoms with Gasteiger partial charge in [0.2, 0.25) is 0 Å². The molecule has 0 atom stereocenters. The Bertz CT molecular complexity index is 1220. The van der Waals surface area contributed by atoms with Crippen LogP contribution in [0.3, 0.4) is 0 Å². The predicted molar refractivity (Wildman–Crippen MR) is 124 cm³/mol. The van der Waals surface area contributed by atoms with Crippen molar-refractivity contribution in [2.45, 2.75) is 6.42 Å². The normalized spacial score (nSPS) is 14.8. The molecule has 6 nitrogen and oxygen atoms in total.